The number of hydrogen-bond donors (Lipinski definition) is 0. The van der Waals surface area contributed by atoms with Crippen LogP contribution in [-0.2, 0) is 0 Å². The molecule has 1 saturated heterocycles. The van der Waals surface area contributed by atoms with Gasteiger partial charge in [-0.3, -0.25) is 0 Å². The number of hydrogen-bond acceptors (Lipinski definition) is 2. The summed E-state index contributed by atoms with van der Waals surface area (Å²) in [7, 11) is 0. The second-order valence-electron chi connectivity index (χ2n) is 5.55. The van der Waals surface area contributed by atoms with Gasteiger partial charge >= 0.3 is 0 Å². The van der Waals surface area contributed by atoms with Gasteiger partial charge in [-0.2, -0.15) is 5.26 Å². The monoisotopic (exact) mass is 304 g/mol. The highest BCUT2D eigenvalue weighted by Gasteiger charge is 2.31. The van der Waals surface area contributed by atoms with Crippen LogP contribution >= 0.6 is 15.9 Å². The second-order valence-corrected chi connectivity index (χ2v) is 6.40. The first kappa shape index (κ1) is 12.0. The van der Waals surface area contributed by atoms with E-state index in [1.807, 2.05) is 12.1 Å². The van der Waals surface area contributed by atoms with Crippen molar-refractivity contribution in [3.05, 3.63) is 28.2 Å². The van der Waals surface area contributed by atoms with Crippen molar-refractivity contribution in [3.8, 4) is 6.07 Å². The van der Waals surface area contributed by atoms with Gasteiger partial charge in [0.1, 0.15) is 6.07 Å². The molecule has 2 fully saturated rings. The molecule has 2 atom stereocenters. The highest BCUT2D eigenvalue weighted by atomic mass is 79.9. The van der Waals surface area contributed by atoms with Crippen molar-refractivity contribution in [3.63, 3.8) is 0 Å². The van der Waals surface area contributed by atoms with Crippen LogP contribution in [0.4, 0.5) is 5.69 Å². The highest BCUT2D eigenvalue weighted by molar-refractivity contribution is 9.10. The molecule has 0 spiro atoms. The van der Waals surface area contributed by atoms with Crippen LogP contribution in [-0.4, -0.2) is 13.1 Å². The molecule has 1 aliphatic heterocycles. The number of fused-ring (bicyclic) bond motifs is 2. The van der Waals surface area contributed by atoms with Gasteiger partial charge in [-0.1, -0.05) is 12.5 Å². The van der Waals surface area contributed by atoms with Gasteiger partial charge in [-0.15, -0.1) is 0 Å². The zero-order valence-corrected chi connectivity index (χ0v) is 12.0. The van der Waals surface area contributed by atoms with E-state index in [1.54, 1.807) is 0 Å². The molecular formula is C15H17BrN2. The fourth-order valence-electron chi connectivity index (χ4n) is 3.52. The molecule has 0 aromatic heterocycles. The van der Waals surface area contributed by atoms with Crippen LogP contribution < -0.4 is 4.90 Å². The summed E-state index contributed by atoms with van der Waals surface area (Å²) in [5.41, 5.74) is 1.90. The van der Waals surface area contributed by atoms with E-state index in [0.717, 1.165) is 40.6 Å². The summed E-state index contributed by atoms with van der Waals surface area (Å²) in [5, 5.41) is 9.33. The lowest BCUT2D eigenvalue weighted by Gasteiger charge is -2.42. The normalized spacial score (nSPS) is 26.8. The molecule has 2 bridgehead atoms. The summed E-state index contributed by atoms with van der Waals surface area (Å²) in [5.74, 6) is 1.67. The molecule has 3 rings (SSSR count). The molecule has 0 N–H and O–H groups in total. The zero-order valence-electron chi connectivity index (χ0n) is 10.4. The Balaban J connectivity index is 1.91. The summed E-state index contributed by atoms with van der Waals surface area (Å²) in [6.07, 6.45) is 5.52. The Kier molecular flexibility index (Phi) is 3.30. The summed E-state index contributed by atoms with van der Waals surface area (Å²) in [6, 6.07) is 8.41. The van der Waals surface area contributed by atoms with Crippen molar-refractivity contribution in [1.29, 1.82) is 5.26 Å². The third-order valence-electron chi connectivity index (χ3n) is 4.29. The fraction of sp³-hybridized carbons (Fsp3) is 0.533. The molecule has 1 saturated carbocycles. The number of anilines is 1. The Labute approximate surface area is 117 Å². The van der Waals surface area contributed by atoms with Crippen molar-refractivity contribution in [2.24, 2.45) is 11.8 Å². The largest absolute Gasteiger partial charge is 0.370 e. The van der Waals surface area contributed by atoms with E-state index in [4.69, 9.17) is 0 Å². The number of halogens is 1. The molecule has 18 heavy (non-hydrogen) atoms. The number of piperidine rings is 1. The van der Waals surface area contributed by atoms with E-state index in [0.29, 0.717) is 0 Å². The topological polar surface area (TPSA) is 27.0 Å². The molecule has 3 heteroatoms. The molecule has 2 unspecified atom stereocenters. The van der Waals surface area contributed by atoms with Crippen molar-refractivity contribution in [2.75, 3.05) is 18.0 Å². The van der Waals surface area contributed by atoms with Gasteiger partial charge in [0.05, 0.1) is 11.3 Å². The van der Waals surface area contributed by atoms with Crippen molar-refractivity contribution < 1.29 is 0 Å². The van der Waals surface area contributed by atoms with Crippen LogP contribution in [0.1, 0.15) is 31.2 Å². The molecular weight excluding hydrogens is 288 g/mol. The number of benzene rings is 1. The molecule has 0 amide bonds. The smallest absolute Gasteiger partial charge is 0.103 e. The first-order valence-corrected chi connectivity index (χ1v) is 7.51. The minimum absolute atomic E-state index is 0.789. The number of rotatable bonds is 1. The third kappa shape index (κ3) is 2.14. The van der Waals surface area contributed by atoms with E-state index in [9.17, 15) is 5.26 Å². The lowest BCUT2D eigenvalue weighted by molar-refractivity contribution is 0.231. The van der Waals surface area contributed by atoms with Gasteiger partial charge in [-0.25, -0.2) is 0 Å². The van der Waals surface area contributed by atoms with Gasteiger partial charge < -0.3 is 4.90 Å². The summed E-state index contributed by atoms with van der Waals surface area (Å²) >= 11 is 3.49. The molecule has 2 nitrogen and oxygen atoms in total. The van der Waals surface area contributed by atoms with Crippen molar-refractivity contribution >= 4 is 21.6 Å². The predicted octanol–water partition coefficient (Wildman–Crippen LogP) is 3.95. The van der Waals surface area contributed by atoms with E-state index in [-0.39, 0.29) is 0 Å². The third-order valence-corrected chi connectivity index (χ3v) is 4.95. The first-order chi connectivity index (χ1) is 8.78. The SMILES string of the molecule is N#Cc1c(Br)cccc1N1CC2CCCC(C2)C1. The summed E-state index contributed by atoms with van der Waals surface area (Å²) in [6.45, 7) is 2.25. The Hall–Kier alpha value is -1.01. The Morgan fingerprint density at radius 1 is 1.22 bits per heavy atom. The maximum Gasteiger partial charge on any atom is 0.103 e. The van der Waals surface area contributed by atoms with Crippen molar-refractivity contribution in [1.82, 2.24) is 0 Å². The molecule has 2 aliphatic rings. The Morgan fingerprint density at radius 3 is 2.61 bits per heavy atom. The molecule has 1 aromatic carbocycles. The average Bonchev–Trinajstić information content (AvgIpc) is 2.38. The second kappa shape index (κ2) is 4.93. The van der Waals surface area contributed by atoms with Gasteiger partial charge in [-0.05, 0) is 59.2 Å². The van der Waals surface area contributed by atoms with E-state index >= 15 is 0 Å². The fourth-order valence-corrected chi connectivity index (χ4v) is 3.96. The summed E-state index contributed by atoms with van der Waals surface area (Å²) in [4.78, 5) is 2.43. The van der Waals surface area contributed by atoms with E-state index < -0.39 is 0 Å². The van der Waals surface area contributed by atoms with Crippen LogP contribution in [0.15, 0.2) is 22.7 Å². The zero-order chi connectivity index (χ0) is 12.5. The van der Waals surface area contributed by atoms with Crippen LogP contribution in [0.25, 0.3) is 0 Å². The highest BCUT2D eigenvalue weighted by Crippen LogP contribution is 2.38. The average molecular weight is 305 g/mol. The van der Waals surface area contributed by atoms with Gasteiger partial charge in [0, 0.05) is 17.6 Å². The van der Waals surface area contributed by atoms with Gasteiger partial charge in [0.25, 0.3) is 0 Å². The van der Waals surface area contributed by atoms with E-state index in [1.165, 1.54) is 25.7 Å². The molecule has 94 valence electrons. The molecule has 1 heterocycles. The van der Waals surface area contributed by atoms with Crippen LogP contribution in [0.5, 0.6) is 0 Å². The van der Waals surface area contributed by atoms with Crippen LogP contribution in [0, 0.1) is 23.2 Å². The van der Waals surface area contributed by atoms with E-state index in [2.05, 4.69) is 33.0 Å². The van der Waals surface area contributed by atoms with Crippen molar-refractivity contribution in [2.45, 2.75) is 25.7 Å². The summed E-state index contributed by atoms with van der Waals surface area (Å²) < 4.78 is 0.915. The van der Waals surface area contributed by atoms with Crippen LogP contribution in [0.3, 0.4) is 0 Å². The maximum atomic E-state index is 9.33. The Morgan fingerprint density at radius 2 is 1.94 bits per heavy atom. The quantitative estimate of drug-likeness (QED) is 0.785. The van der Waals surface area contributed by atoms with Gasteiger partial charge in [0.15, 0.2) is 0 Å². The van der Waals surface area contributed by atoms with Crippen LogP contribution in [0.2, 0.25) is 0 Å². The van der Waals surface area contributed by atoms with Gasteiger partial charge in [0.2, 0.25) is 0 Å². The first-order valence-electron chi connectivity index (χ1n) is 6.71. The maximum absolute atomic E-state index is 9.33. The Bertz CT molecular complexity index is 480. The molecule has 1 aromatic rings. The minimum atomic E-state index is 0.789. The predicted molar refractivity (Wildman–Crippen MR) is 76.5 cm³/mol. The number of nitrogens with zero attached hydrogens (tertiary/aromatic N) is 2. The standard InChI is InChI=1S/C15H17BrN2/c16-14-5-2-6-15(13(14)8-17)18-9-11-3-1-4-12(7-11)10-18/h2,5-6,11-12H,1,3-4,7,9-10H2. The number of nitriles is 1. The molecule has 0 radical (unpaired) electrons. The minimum Gasteiger partial charge on any atom is -0.370 e. The lowest BCUT2D eigenvalue weighted by Crippen LogP contribution is -2.43. The molecule has 1 aliphatic carbocycles. The lowest BCUT2D eigenvalue weighted by atomic mass is 9.77.